The lowest BCUT2D eigenvalue weighted by Gasteiger charge is -2.22. The molecule has 0 fully saturated rings. The summed E-state index contributed by atoms with van der Waals surface area (Å²) in [5, 5.41) is 23.1. The Morgan fingerprint density at radius 3 is 1.13 bits per heavy atom. The number of hydrogen-bond acceptors (Lipinski definition) is 5. The smallest absolute Gasteiger partial charge is 0.305 e. The number of aliphatic hydroxyl groups is 2. The topological polar surface area (TPSA) is 95.9 Å². The molecule has 0 aliphatic carbocycles. The maximum absolute atomic E-state index is 12.4. The Kier molecular flexibility index (Phi) is 43.6. The van der Waals surface area contributed by atoms with E-state index in [1.807, 2.05) is 0 Å². The molecule has 322 valence electrons. The average Bonchev–Trinajstić information content (AvgIpc) is 3.17. The van der Waals surface area contributed by atoms with Crippen LogP contribution in [0.4, 0.5) is 0 Å². The molecule has 54 heavy (non-hydrogen) atoms. The molecule has 0 spiro atoms. The number of rotatable bonds is 45. The Morgan fingerprint density at radius 2 is 0.759 bits per heavy atom. The number of hydrogen-bond donors (Lipinski definition) is 3. The van der Waals surface area contributed by atoms with Crippen molar-refractivity contribution in [3.63, 3.8) is 0 Å². The van der Waals surface area contributed by atoms with Crippen molar-refractivity contribution in [3.05, 3.63) is 0 Å². The molecular weight excluding hydrogens is 671 g/mol. The first-order valence-corrected chi connectivity index (χ1v) is 24.3. The largest absolute Gasteiger partial charge is 0.466 e. The van der Waals surface area contributed by atoms with Crippen LogP contribution in [-0.4, -0.2) is 47.4 Å². The molecule has 0 aliphatic rings. The Balaban J connectivity index is 3.42. The van der Waals surface area contributed by atoms with Gasteiger partial charge in [-0.05, 0) is 25.7 Å². The van der Waals surface area contributed by atoms with Crippen molar-refractivity contribution in [1.29, 1.82) is 0 Å². The van der Waals surface area contributed by atoms with Crippen LogP contribution in [0.3, 0.4) is 0 Å². The van der Waals surface area contributed by atoms with Crippen LogP contribution in [-0.2, 0) is 14.3 Å². The average molecular weight is 766 g/mol. The van der Waals surface area contributed by atoms with Gasteiger partial charge in [0.25, 0.3) is 0 Å². The summed E-state index contributed by atoms with van der Waals surface area (Å²) in [5.41, 5.74) is 0. The lowest BCUT2D eigenvalue weighted by atomic mass is 10.0. The summed E-state index contributed by atoms with van der Waals surface area (Å²) in [7, 11) is 0. The SMILES string of the molecule is CCCCCCCCCCCCCC(=O)OCCCCCCCCCCCCCCCCCC(=O)NC(CO)C(O)CCCCCCCCCCCCC. The highest BCUT2D eigenvalue weighted by Gasteiger charge is 2.20. The fourth-order valence-electron chi connectivity index (χ4n) is 7.64. The molecule has 0 aromatic heterocycles. The van der Waals surface area contributed by atoms with Crippen LogP contribution in [0.15, 0.2) is 0 Å². The first-order valence-electron chi connectivity index (χ1n) is 24.3. The number of aliphatic hydroxyl groups excluding tert-OH is 2. The minimum absolute atomic E-state index is 0.000469. The molecule has 0 bridgehead atoms. The van der Waals surface area contributed by atoms with Crippen molar-refractivity contribution in [2.75, 3.05) is 13.2 Å². The highest BCUT2D eigenvalue weighted by atomic mass is 16.5. The Labute approximate surface area is 336 Å². The van der Waals surface area contributed by atoms with Gasteiger partial charge in [0.15, 0.2) is 0 Å². The van der Waals surface area contributed by atoms with E-state index in [1.54, 1.807) is 0 Å². The molecule has 0 rings (SSSR count). The molecule has 0 heterocycles. The zero-order chi connectivity index (χ0) is 39.4. The lowest BCUT2D eigenvalue weighted by Crippen LogP contribution is -2.45. The maximum atomic E-state index is 12.4. The normalized spacial score (nSPS) is 12.6. The molecule has 1 amide bonds. The van der Waals surface area contributed by atoms with Crippen molar-refractivity contribution in [1.82, 2.24) is 5.32 Å². The second-order valence-corrected chi connectivity index (χ2v) is 16.8. The van der Waals surface area contributed by atoms with E-state index >= 15 is 0 Å². The minimum Gasteiger partial charge on any atom is -0.466 e. The van der Waals surface area contributed by atoms with Crippen LogP contribution in [0.2, 0.25) is 0 Å². The van der Waals surface area contributed by atoms with Crippen molar-refractivity contribution < 1.29 is 24.5 Å². The molecule has 0 saturated carbocycles. The summed E-state index contributed by atoms with van der Waals surface area (Å²) in [6.07, 6.45) is 47.8. The number of nitrogens with one attached hydrogen (secondary N) is 1. The molecule has 3 N–H and O–H groups in total. The van der Waals surface area contributed by atoms with Gasteiger partial charge in [-0.2, -0.15) is 0 Å². The van der Waals surface area contributed by atoms with Gasteiger partial charge in [-0.25, -0.2) is 0 Å². The zero-order valence-corrected chi connectivity index (χ0v) is 36.5. The van der Waals surface area contributed by atoms with E-state index in [9.17, 15) is 19.8 Å². The monoisotopic (exact) mass is 766 g/mol. The molecule has 0 radical (unpaired) electrons. The van der Waals surface area contributed by atoms with Crippen LogP contribution in [0.5, 0.6) is 0 Å². The van der Waals surface area contributed by atoms with E-state index in [-0.39, 0.29) is 18.5 Å². The number of carbonyl (C=O) groups is 2. The minimum atomic E-state index is -0.666. The van der Waals surface area contributed by atoms with E-state index in [0.29, 0.717) is 25.9 Å². The lowest BCUT2D eigenvalue weighted by molar-refractivity contribution is -0.143. The summed E-state index contributed by atoms with van der Waals surface area (Å²) in [5.74, 6) is -0.0433. The summed E-state index contributed by atoms with van der Waals surface area (Å²) in [6, 6.07) is -0.544. The standard InChI is InChI=1S/C48H95NO5/c1-3-5-7-9-11-13-20-24-28-32-36-40-46(51)45(44-50)49-47(52)41-37-33-29-25-22-18-16-15-17-19-23-27-31-35-39-43-54-48(53)42-38-34-30-26-21-14-12-10-8-6-4-2/h45-46,50-51H,3-44H2,1-2H3,(H,49,52). The third-order valence-electron chi connectivity index (χ3n) is 11.4. The Morgan fingerprint density at radius 1 is 0.444 bits per heavy atom. The summed E-state index contributed by atoms with van der Waals surface area (Å²) in [6.45, 7) is 4.92. The number of unbranched alkanes of at least 4 members (excludes halogenated alkanes) is 34. The van der Waals surface area contributed by atoms with Gasteiger partial charge in [0, 0.05) is 12.8 Å². The van der Waals surface area contributed by atoms with Gasteiger partial charge in [-0.15, -0.1) is 0 Å². The van der Waals surface area contributed by atoms with Crippen molar-refractivity contribution in [3.8, 4) is 0 Å². The number of amides is 1. The van der Waals surface area contributed by atoms with Crippen LogP contribution in [0.25, 0.3) is 0 Å². The van der Waals surface area contributed by atoms with E-state index in [1.165, 1.54) is 193 Å². The van der Waals surface area contributed by atoms with Gasteiger partial charge < -0.3 is 20.3 Å². The van der Waals surface area contributed by atoms with E-state index in [2.05, 4.69) is 19.2 Å². The Hall–Kier alpha value is -1.14. The highest BCUT2D eigenvalue weighted by Crippen LogP contribution is 2.16. The maximum Gasteiger partial charge on any atom is 0.305 e. The molecule has 2 unspecified atom stereocenters. The molecule has 0 aliphatic heterocycles. The van der Waals surface area contributed by atoms with Crippen LogP contribution >= 0.6 is 0 Å². The third kappa shape index (κ3) is 40.5. The number of ether oxygens (including phenoxy) is 1. The summed E-state index contributed by atoms with van der Waals surface area (Å²) in [4.78, 5) is 24.4. The van der Waals surface area contributed by atoms with Crippen molar-refractivity contribution in [2.24, 2.45) is 0 Å². The van der Waals surface area contributed by atoms with Crippen LogP contribution in [0.1, 0.15) is 271 Å². The van der Waals surface area contributed by atoms with Gasteiger partial charge in [0.05, 0.1) is 25.4 Å². The second kappa shape index (κ2) is 44.6. The predicted octanol–water partition coefficient (Wildman–Crippen LogP) is 14.0. The fourth-order valence-corrected chi connectivity index (χ4v) is 7.64. The molecule has 0 aromatic carbocycles. The van der Waals surface area contributed by atoms with Gasteiger partial charge in [-0.1, -0.05) is 232 Å². The fraction of sp³-hybridized carbons (Fsp3) is 0.958. The molecule has 2 atom stereocenters. The second-order valence-electron chi connectivity index (χ2n) is 16.8. The van der Waals surface area contributed by atoms with Crippen molar-refractivity contribution in [2.45, 2.75) is 283 Å². The molecule has 6 nitrogen and oxygen atoms in total. The van der Waals surface area contributed by atoms with Gasteiger partial charge in [-0.3, -0.25) is 9.59 Å². The first-order chi connectivity index (χ1) is 26.5. The Bertz CT molecular complexity index is 761. The van der Waals surface area contributed by atoms with Crippen molar-refractivity contribution >= 4 is 11.9 Å². The predicted molar refractivity (Wildman–Crippen MR) is 232 cm³/mol. The zero-order valence-electron chi connectivity index (χ0n) is 36.5. The summed E-state index contributed by atoms with van der Waals surface area (Å²) >= 11 is 0. The van der Waals surface area contributed by atoms with Gasteiger partial charge in [0.2, 0.25) is 5.91 Å². The number of carbonyl (C=O) groups excluding carboxylic acids is 2. The third-order valence-corrected chi connectivity index (χ3v) is 11.4. The molecule has 0 aromatic rings. The summed E-state index contributed by atoms with van der Waals surface area (Å²) < 4.78 is 5.44. The molecule has 0 saturated heterocycles. The van der Waals surface area contributed by atoms with E-state index < -0.39 is 12.1 Å². The first kappa shape index (κ1) is 52.9. The van der Waals surface area contributed by atoms with E-state index in [0.717, 1.165) is 44.9 Å². The molecular formula is C48H95NO5. The number of esters is 1. The van der Waals surface area contributed by atoms with E-state index in [4.69, 9.17) is 4.74 Å². The van der Waals surface area contributed by atoms with Gasteiger partial charge >= 0.3 is 5.97 Å². The van der Waals surface area contributed by atoms with Crippen LogP contribution < -0.4 is 5.32 Å². The van der Waals surface area contributed by atoms with Gasteiger partial charge in [0.1, 0.15) is 0 Å². The molecule has 6 heteroatoms. The highest BCUT2D eigenvalue weighted by molar-refractivity contribution is 5.76. The quantitative estimate of drug-likeness (QED) is 0.0424. The van der Waals surface area contributed by atoms with Crippen LogP contribution in [0, 0.1) is 0 Å².